The summed E-state index contributed by atoms with van der Waals surface area (Å²) in [5.74, 6) is -0.155. The molecule has 0 saturated carbocycles. The predicted molar refractivity (Wildman–Crippen MR) is 70.4 cm³/mol. The second-order valence-corrected chi connectivity index (χ2v) is 5.10. The average molecular weight is 267 g/mol. The van der Waals surface area contributed by atoms with Crippen LogP contribution in [-0.4, -0.2) is 17.6 Å². The molecule has 0 radical (unpaired) electrons. The van der Waals surface area contributed by atoms with Crippen molar-refractivity contribution in [2.45, 2.75) is 19.8 Å². The minimum Gasteiger partial charge on any atom is -0.466 e. The molecule has 0 unspecified atom stereocenters. The molecule has 2 aromatic rings. The van der Waals surface area contributed by atoms with Crippen molar-refractivity contribution < 1.29 is 9.53 Å². The molecule has 0 N–H and O–H groups in total. The number of ether oxygens (including phenoxy) is 1. The summed E-state index contributed by atoms with van der Waals surface area (Å²) in [6.07, 6.45) is 1.06. The summed E-state index contributed by atoms with van der Waals surface area (Å²) in [6, 6.07) is 2.05. The molecule has 5 heteroatoms. The van der Waals surface area contributed by atoms with Crippen molar-refractivity contribution in [3.05, 3.63) is 27.9 Å². The van der Waals surface area contributed by atoms with Crippen LogP contribution in [0.3, 0.4) is 0 Å². The molecule has 0 amide bonds. The van der Waals surface area contributed by atoms with E-state index in [1.165, 1.54) is 0 Å². The third kappa shape index (κ3) is 3.38. The number of rotatable bonds is 5. The summed E-state index contributed by atoms with van der Waals surface area (Å²) in [4.78, 5) is 15.7. The Bertz CT molecular complexity index is 476. The van der Waals surface area contributed by atoms with E-state index in [9.17, 15) is 4.79 Å². The molecule has 0 aliphatic rings. The minimum atomic E-state index is -0.155. The van der Waals surface area contributed by atoms with Crippen LogP contribution in [0.5, 0.6) is 0 Å². The first-order valence-electron chi connectivity index (χ1n) is 5.42. The van der Waals surface area contributed by atoms with Crippen LogP contribution in [0.1, 0.15) is 19.0 Å². The molecule has 2 rings (SSSR count). The van der Waals surface area contributed by atoms with Crippen LogP contribution in [0.25, 0.3) is 10.6 Å². The van der Waals surface area contributed by atoms with Gasteiger partial charge in [-0.15, -0.1) is 11.3 Å². The highest BCUT2D eigenvalue weighted by atomic mass is 32.1. The predicted octanol–water partition coefficient (Wildman–Crippen LogP) is 3.37. The van der Waals surface area contributed by atoms with E-state index in [-0.39, 0.29) is 5.97 Å². The Labute approximate surface area is 108 Å². The Morgan fingerprint density at radius 3 is 3.06 bits per heavy atom. The Balaban J connectivity index is 1.93. The second-order valence-electron chi connectivity index (χ2n) is 3.46. The molecule has 90 valence electrons. The molecule has 17 heavy (non-hydrogen) atoms. The molecule has 0 bridgehead atoms. The van der Waals surface area contributed by atoms with Crippen molar-refractivity contribution in [1.29, 1.82) is 0 Å². The van der Waals surface area contributed by atoms with E-state index in [1.54, 1.807) is 22.7 Å². The van der Waals surface area contributed by atoms with Crippen molar-refractivity contribution >= 4 is 28.6 Å². The largest absolute Gasteiger partial charge is 0.466 e. The van der Waals surface area contributed by atoms with Gasteiger partial charge >= 0.3 is 5.97 Å². The van der Waals surface area contributed by atoms with E-state index >= 15 is 0 Å². The van der Waals surface area contributed by atoms with Gasteiger partial charge in [0.2, 0.25) is 0 Å². The first kappa shape index (κ1) is 12.3. The number of esters is 1. The summed E-state index contributed by atoms with van der Waals surface area (Å²) in [5.41, 5.74) is 2.12. The molecule has 0 aliphatic carbocycles. The third-order valence-corrected chi connectivity index (χ3v) is 3.83. The maximum atomic E-state index is 11.2. The molecule has 0 saturated heterocycles. The number of nitrogens with zero attached hydrogens (tertiary/aromatic N) is 1. The van der Waals surface area contributed by atoms with Gasteiger partial charge in [-0.25, -0.2) is 4.98 Å². The number of hydrogen-bond acceptors (Lipinski definition) is 5. The molecule has 2 heterocycles. The lowest BCUT2D eigenvalue weighted by Crippen LogP contribution is -2.05. The molecule has 0 spiro atoms. The van der Waals surface area contributed by atoms with Crippen LogP contribution in [-0.2, 0) is 16.0 Å². The molecule has 0 atom stereocenters. The van der Waals surface area contributed by atoms with Gasteiger partial charge < -0.3 is 4.74 Å². The molecular formula is C12H13NO2S2. The fourth-order valence-electron chi connectivity index (χ4n) is 1.40. The Hall–Kier alpha value is -1.20. The summed E-state index contributed by atoms with van der Waals surface area (Å²) < 4.78 is 4.88. The highest BCUT2D eigenvalue weighted by molar-refractivity contribution is 7.14. The monoisotopic (exact) mass is 267 g/mol. The lowest BCUT2D eigenvalue weighted by Gasteiger charge is -1.99. The lowest BCUT2D eigenvalue weighted by molar-refractivity contribution is -0.143. The average Bonchev–Trinajstić information content (AvgIpc) is 2.97. The van der Waals surface area contributed by atoms with Gasteiger partial charge in [0.05, 0.1) is 18.7 Å². The van der Waals surface area contributed by atoms with Crippen LogP contribution < -0.4 is 0 Å². The topological polar surface area (TPSA) is 39.2 Å². The normalized spacial score (nSPS) is 10.4. The fraction of sp³-hybridized carbons (Fsp3) is 0.333. The number of thiazole rings is 1. The third-order valence-electron chi connectivity index (χ3n) is 2.21. The van der Waals surface area contributed by atoms with Gasteiger partial charge in [-0.1, -0.05) is 0 Å². The van der Waals surface area contributed by atoms with Crippen molar-refractivity contribution in [3.63, 3.8) is 0 Å². The van der Waals surface area contributed by atoms with Gasteiger partial charge in [0.1, 0.15) is 5.01 Å². The van der Waals surface area contributed by atoms with E-state index in [0.29, 0.717) is 19.4 Å². The van der Waals surface area contributed by atoms with Crippen molar-refractivity contribution in [2.75, 3.05) is 6.61 Å². The second kappa shape index (κ2) is 5.93. The number of aromatic nitrogens is 1. The molecular weight excluding hydrogens is 254 g/mol. The van der Waals surface area contributed by atoms with E-state index in [0.717, 1.165) is 16.3 Å². The Morgan fingerprint density at radius 2 is 2.35 bits per heavy atom. The molecule has 3 nitrogen and oxygen atoms in total. The molecule has 0 fully saturated rings. The number of thiophene rings is 1. The smallest absolute Gasteiger partial charge is 0.306 e. The molecule has 0 aliphatic heterocycles. The zero-order valence-electron chi connectivity index (χ0n) is 9.51. The highest BCUT2D eigenvalue weighted by Gasteiger charge is 2.07. The van der Waals surface area contributed by atoms with Crippen LogP contribution in [0.2, 0.25) is 0 Å². The first-order chi connectivity index (χ1) is 8.29. The Kier molecular flexibility index (Phi) is 4.28. The molecule has 2 aromatic heterocycles. The summed E-state index contributed by atoms with van der Waals surface area (Å²) in [5, 5.41) is 7.14. The summed E-state index contributed by atoms with van der Waals surface area (Å²) in [7, 11) is 0. The maximum Gasteiger partial charge on any atom is 0.306 e. The number of carbonyl (C=O) groups excluding carboxylic acids is 1. The van der Waals surface area contributed by atoms with Crippen LogP contribution in [0.15, 0.2) is 22.2 Å². The number of carbonyl (C=O) groups is 1. The van der Waals surface area contributed by atoms with Crippen LogP contribution >= 0.6 is 22.7 Å². The van der Waals surface area contributed by atoms with Gasteiger partial charge in [-0.3, -0.25) is 4.79 Å². The van der Waals surface area contributed by atoms with E-state index in [1.807, 2.05) is 17.7 Å². The van der Waals surface area contributed by atoms with Gasteiger partial charge in [0, 0.05) is 22.7 Å². The lowest BCUT2D eigenvalue weighted by atomic mass is 10.2. The van der Waals surface area contributed by atoms with Gasteiger partial charge in [-0.05, 0) is 18.4 Å². The Morgan fingerprint density at radius 1 is 1.47 bits per heavy atom. The van der Waals surface area contributed by atoms with Gasteiger partial charge in [0.25, 0.3) is 0 Å². The number of hydrogen-bond donors (Lipinski definition) is 0. The van der Waals surface area contributed by atoms with E-state index in [2.05, 4.69) is 16.4 Å². The van der Waals surface area contributed by atoms with E-state index in [4.69, 9.17) is 4.74 Å². The quantitative estimate of drug-likeness (QED) is 0.780. The zero-order chi connectivity index (χ0) is 12.1. The molecule has 0 aromatic carbocycles. The van der Waals surface area contributed by atoms with Crippen LogP contribution in [0, 0.1) is 0 Å². The highest BCUT2D eigenvalue weighted by Crippen LogP contribution is 2.26. The fourth-order valence-corrected chi connectivity index (χ4v) is 2.97. The van der Waals surface area contributed by atoms with Crippen molar-refractivity contribution in [3.8, 4) is 10.6 Å². The maximum absolute atomic E-state index is 11.2. The minimum absolute atomic E-state index is 0.155. The SMILES string of the molecule is CCOC(=O)CCc1csc(-c2ccsc2)n1. The summed E-state index contributed by atoms with van der Waals surface area (Å²) in [6.45, 7) is 2.26. The first-order valence-corrected chi connectivity index (χ1v) is 7.24. The zero-order valence-corrected chi connectivity index (χ0v) is 11.1. The van der Waals surface area contributed by atoms with Crippen molar-refractivity contribution in [1.82, 2.24) is 4.98 Å². The number of aryl methyl sites for hydroxylation is 1. The van der Waals surface area contributed by atoms with Crippen LogP contribution in [0.4, 0.5) is 0 Å². The standard InChI is InChI=1S/C12H13NO2S2/c1-2-15-11(14)4-3-10-8-17-12(13-10)9-5-6-16-7-9/h5-8H,2-4H2,1H3. The van der Waals surface area contributed by atoms with Crippen molar-refractivity contribution in [2.24, 2.45) is 0 Å². The van der Waals surface area contributed by atoms with Gasteiger partial charge in [-0.2, -0.15) is 11.3 Å². The van der Waals surface area contributed by atoms with E-state index < -0.39 is 0 Å². The van der Waals surface area contributed by atoms with Gasteiger partial charge in [0.15, 0.2) is 0 Å². The summed E-state index contributed by atoms with van der Waals surface area (Å²) >= 11 is 3.28.